The van der Waals surface area contributed by atoms with Crippen LogP contribution in [0.5, 0.6) is 0 Å². The van der Waals surface area contributed by atoms with E-state index in [1.165, 1.54) is 64.2 Å². The van der Waals surface area contributed by atoms with E-state index in [0.717, 1.165) is 36.4 Å². The summed E-state index contributed by atoms with van der Waals surface area (Å²) in [5.41, 5.74) is 0. The number of ether oxygens (including phenoxy) is 1. The first-order valence-corrected chi connectivity index (χ1v) is 12.2. The monoisotopic (exact) mass is 410 g/mol. The van der Waals surface area contributed by atoms with Crippen molar-refractivity contribution in [3.8, 4) is 0 Å². The first-order valence-electron chi connectivity index (χ1n) is 10.1. The van der Waals surface area contributed by atoms with Gasteiger partial charge in [0.15, 0.2) is 0 Å². The molecule has 0 unspecified atom stereocenters. The molecule has 0 saturated carbocycles. The predicted octanol–water partition coefficient (Wildman–Crippen LogP) is 6.42. The highest BCUT2D eigenvalue weighted by molar-refractivity contribution is 8.01. The number of hydrogen-bond donors (Lipinski definition) is 1. The molecule has 0 aliphatic carbocycles. The van der Waals surface area contributed by atoms with Gasteiger partial charge >= 0.3 is 5.97 Å². The number of carbonyl (C=O) groups is 1. The summed E-state index contributed by atoms with van der Waals surface area (Å²) in [5.74, 6) is 2.17. The summed E-state index contributed by atoms with van der Waals surface area (Å²) >= 11 is 2.69. The molecule has 0 aromatic carbocycles. The third kappa shape index (κ3) is 22.1. The molecular weight excluding hydrogens is 372 g/mol. The standard InChI is InChI=1S/C19H38O5S2/c1-2-3-4-5-6-7-8-9-10-11-12-13-15-22-19(20)14-16-25-17-18-26-24-23-21/h21H,2-18H2,1H3. The van der Waals surface area contributed by atoms with Crippen molar-refractivity contribution >= 4 is 29.8 Å². The molecular formula is C19H38O5S2. The van der Waals surface area contributed by atoms with Crippen molar-refractivity contribution in [3.05, 3.63) is 0 Å². The fourth-order valence-electron chi connectivity index (χ4n) is 2.61. The van der Waals surface area contributed by atoms with Crippen LogP contribution in [-0.4, -0.2) is 35.1 Å². The molecule has 0 rings (SSSR count). The largest absolute Gasteiger partial charge is 0.466 e. The number of carbonyl (C=O) groups excluding carboxylic acids is 1. The lowest BCUT2D eigenvalue weighted by Crippen LogP contribution is -2.07. The molecule has 26 heavy (non-hydrogen) atoms. The minimum Gasteiger partial charge on any atom is -0.466 e. The van der Waals surface area contributed by atoms with E-state index in [9.17, 15) is 4.79 Å². The van der Waals surface area contributed by atoms with E-state index in [1.54, 1.807) is 11.8 Å². The van der Waals surface area contributed by atoms with Crippen molar-refractivity contribution in [2.75, 3.05) is 23.9 Å². The van der Waals surface area contributed by atoms with Crippen molar-refractivity contribution in [2.24, 2.45) is 0 Å². The zero-order valence-corrected chi connectivity index (χ0v) is 18.1. The average Bonchev–Trinajstić information content (AvgIpc) is 2.64. The maximum atomic E-state index is 11.6. The second-order valence-corrected chi connectivity index (χ2v) is 8.44. The highest BCUT2D eigenvalue weighted by atomic mass is 32.2. The van der Waals surface area contributed by atoms with Crippen LogP contribution in [-0.2, 0) is 18.9 Å². The normalized spacial score (nSPS) is 11.0. The van der Waals surface area contributed by atoms with Gasteiger partial charge in [0.05, 0.1) is 13.0 Å². The average molecular weight is 411 g/mol. The van der Waals surface area contributed by atoms with Gasteiger partial charge in [-0.05, 0) is 6.42 Å². The lowest BCUT2D eigenvalue weighted by Gasteiger charge is -2.05. The fraction of sp³-hybridized carbons (Fsp3) is 0.947. The highest BCUT2D eigenvalue weighted by Crippen LogP contribution is 2.12. The number of esters is 1. The Kier molecular flexibility index (Phi) is 23.1. The summed E-state index contributed by atoms with van der Waals surface area (Å²) in [4.78, 5) is 11.6. The van der Waals surface area contributed by atoms with Crippen molar-refractivity contribution in [1.29, 1.82) is 0 Å². The number of rotatable bonds is 21. The SMILES string of the molecule is CCCCCCCCCCCCCCOC(=O)CCSCCSOOO. The summed E-state index contributed by atoms with van der Waals surface area (Å²) in [5, 5.41) is 11.4. The van der Waals surface area contributed by atoms with Crippen LogP contribution >= 0.6 is 23.8 Å². The fourth-order valence-corrected chi connectivity index (χ4v) is 3.98. The molecule has 0 bridgehead atoms. The molecule has 0 aliphatic heterocycles. The van der Waals surface area contributed by atoms with Crippen LogP contribution in [0.2, 0.25) is 0 Å². The third-order valence-electron chi connectivity index (χ3n) is 4.10. The summed E-state index contributed by atoms with van der Waals surface area (Å²) < 4.78 is 9.50. The first-order chi connectivity index (χ1) is 12.8. The van der Waals surface area contributed by atoms with Crippen LogP contribution in [0, 0.1) is 0 Å². The molecule has 0 atom stereocenters. The van der Waals surface area contributed by atoms with Crippen LogP contribution in [0.1, 0.15) is 90.4 Å². The second-order valence-electron chi connectivity index (χ2n) is 6.44. The van der Waals surface area contributed by atoms with E-state index in [-0.39, 0.29) is 5.97 Å². The van der Waals surface area contributed by atoms with Crippen LogP contribution < -0.4 is 0 Å². The molecule has 7 heteroatoms. The molecule has 0 radical (unpaired) electrons. The van der Waals surface area contributed by atoms with Gasteiger partial charge in [0, 0.05) is 29.3 Å². The Hall–Kier alpha value is 0.0500. The second kappa shape index (κ2) is 23.1. The quantitative estimate of drug-likeness (QED) is 0.0769. The Morgan fingerprint density at radius 2 is 1.38 bits per heavy atom. The minimum atomic E-state index is -0.108. The van der Waals surface area contributed by atoms with E-state index in [1.807, 2.05) is 0 Å². The van der Waals surface area contributed by atoms with Gasteiger partial charge in [-0.15, -0.1) is 4.33 Å². The molecule has 0 amide bonds. The van der Waals surface area contributed by atoms with E-state index in [2.05, 4.69) is 16.3 Å². The summed E-state index contributed by atoms with van der Waals surface area (Å²) in [6.07, 6.45) is 16.2. The van der Waals surface area contributed by atoms with E-state index >= 15 is 0 Å². The Labute approximate surface area is 168 Å². The zero-order chi connectivity index (χ0) is 19.1. The predicted molar refractivity (Wildman–Crippen MR) is 111 cm³/mol. The van der Waals surface area contributed by atoms with Gasteiger partial charge in [0.25, 0.3) is 0 Å². The third-order valence-corrected chi connectivity index (χ3v) is 5.87. The molecule has 0 fully saturated rings. The van der Waals surface area contributed by atoms with E-state index < -0.39 is 0 Å². The van der Waals surface area contributed by atoms with Crippen molar-refractivity contribution in [2.45, 2.75) is 90.4 Å². The summed E-state index contributed by atoms with van der Waals surface area (Å²) in [6, 6.07) is 0. The molecule has 0 spiro atoms. The van der Waals surface area contributed by atoms with Crippen LogP contribution in [0.4, 0.5) is 0 Å². The van der Waals surface area contributed by atoms with Gasteiger partial charge in [0.1, 0.15) is 0 Å². The van der Waals surface area contributed by atoms with Crippen LogP contribution in [0.15, 0.2) is 0 Å². The Morgan fingerprint density at radius 1 is 0.808 bits per heavy atom. The van der Waals surface area contributed by atoms with E-state index in [0.29, 0.717) is 18.8 Å². The van der Waals surface area contributed by atoms with Crippen molar-refractivity contribution in [3.63, 3.8) is 0 Å². The first kappa shape index (κ1) is 26.1. The maximum Gasteiger partial charge on any atom is 0.306 e. The van der Waals surface area contributed by atoms with Crippen LogP contribution in [0.25, 0.3) is 0 Å². The van der Waals surface area contributed by atoms with Gasteiger partial charge in [-0.1, -0.05) is 82.6 Å². The zero-order valence-electron chi connectivity index (χ0n) is 16.4. The lowest BCUT2D eigenvalue weighted by molar-refractivity contribution is -0.432. The number of unbranched alkanes of at least 4 members (excludes halogenated alkanes) is 11. The molecule has 0 aliphatic rings. The smallest absolute Gasteiger partial charge is 0.306 e. The van der Waals surface area contributed by atoms with Gasteiger partial charge < -0.3 is 4.74 Å². The van der Waals surface area contributed by atoms with Crippen LogP contribution in [0.3, 0.4) is 0 Å². The van der Waals surface area contributed by atoms with Crippen molar-refractivity contribution < 1.29 is 24.2 Å². The molecule has 0 saturated heterocycles. The maximum absolute atomic E-state index is 11.6. The molecule has 0 aromatic heterocycles. The van der Waals surface area contributed by atoms with Gasteiger partial charge in [-0.2, -0.15) is 11.8 Å². The van der Waals surface area contributed by atoms with Gasteiger partial charge in [-0.25, -0.2) is 5.26 Å². The van der Waals surface area contributed by atoms with Crippen molar-refractivity contribution in [1.82, 2.24) is 0 Å². The number of hydrogen-bond acceptors (Lipinski definition) is 7. The van der Waals surface area contributed by atoms with E-state index in [4.69, 9.17) is 9.99 Å². The molecule has 156 valence electrons. The molecule has 0 heterocycles. The van der Waals surface area contributed by atoms with Gasteiger partial charge in [0.2, 0.25) is 0 Å². The topological polar surface area (TPSA) is 65.0 Å². The Balaban J connectivity index is 3.12. The Bertz CT molecular complexity index is 293. The Morgan fingerprint density at radius 3 is 1.96 bits per heavy atom. The molecule has 0 aromatic rings. The molecule has 1 N–H and O–H groups in total. The summed E-state index contributed by atoms with van der Waals surface area (Å²) in [6.45, 7) is 2.81. The highest BCUT2D eigenvalue weighted by Gasteiger charge is 2.03. The lowest BCUT2D eigenvalue weighted by atomic mass is 10.1. The number of thioether (sulfide) groups is 1. The minimum absolute atomic E-state index is 0.108. The summed E-state index contributed by atoms with van der Waals surface area (Å²) in [7, 11) is 0. The van der Waals surface area contributed by atoms with Gasteiger partial charge in [-0.3, -0.25) is 4.79 Å². The molecule has 5 nitrogen and oxygen atoms in total.